The van der Waals surface area contributed by atoms with Crippen LogP contribution < -0.4 is 0 Å². The van der Waals surface area contributed by atoms with Crippen molar-refractivity contribution >= 4 is 21.5 Å². The van der Waals surface area contributed by atoms with Gasteiger partial charge in [-0.25, -0.2) is 9.97 Å². The zero-order valence-corrected chi connectivity index (χ0v) is 33.0. The Morgan fingerprint density at radius 1 is 0.322 bits per heavy atom. The smallest absolute Gasteiger partial charge is 0.161 e. The van der Waals surface area contributed by atoms with E-state index in [4.69, 9.17) is 9.97 Å². The molecule has 0 bridgehead atoms. The Bertz CT molecular complexity index is 3220. The minimum Gasteiger partial charge on any atom is -0.228 e. The summed E-state index contributed by atoms with van der Waals surface area (Å²) in [6.45, 7) is 4.73. The third-order valence-corrected chi connectivity index (χ3v) is 12.3. The Kier molecular flexibility index (Phi) is 8.20. The van der Waals surface area contributed by atoms with Crippen LogP contribution in [-0.2, 0) is 5.41 Å². The molecule has 0 unspecified atom stereocenters. The van der Waals surface area contributed by atoms with Crippen LogP contribution in [0.3, 0.4) is 0 Å². The summed E-state index contributed by atoms with van der Waals surface area (Å²) in [5, 5.41) is 4.90. The van der Waals surface area contributed by atoms with Gasteiger partial charge in [-0.3, -0.25) is 0 Å². The standard InChI is InChI=1S/C57H40N2/c1-57(2)51-33-29-39-16-9-10-21-46(39)55(51)50-30-28-43(35-52(50)57)42-19-13-20-44(34-42)45-31-32-49(48-23-12-11-22-47(45)48)56-58-53(40-17-7-4-8-18-40)36-54(59-56)41-26-24-38(25-27-41)37-14-5-3-6-15-37/h3-36H,1-2H3. The highest BCUT2D eigenvalue weighted by molar-refractivity contribution is 6.05. The predicted octanol–water partition coefficient (Wildman–Crippen LogP) is 15.1. The van der Waals surface area contributed by atoms with Crippen molar-refractivity contribution < 1.29 is 0 Å². The van der Waals surface area contributed by atoms with Crippen molar-refractivity contribution in [2.75, 3.05) is 0 Å². The number of benzene rings is 9. The largest absolute Gasteiger partial charge is 0.228 e. The Labute approximate surface area is 345 Å². The maximum absolute atomic E-state index is 5.27. The van der Waals surface area contributed by atoms with Crippen LogP contribution in [0.15, 0.2) is 206 Å². The van der Waals surface area contributed by atoms with Crippen LogP contribution in [0.1, 0.15) is 25.0 Å². The second kappa shape index (κ2) is 13.9. The maximum atomic E-state index is 5.27. The second-order valence-corrected chi connectivity index (χ2v) is 16.2. The molecular formula is C57H40N2. The molecule has 1 aliphatic carbocycles. The minimum atomic E-state index is -0.0975. The zero-order valence-electron chi connectivity index (χ0n) is 33.0. The van der Waals surface area contributed by atoms with Crippen LogP contribution in [-0.4, -0.2) is 9.97 Å². The van der Waals surface area contributed by atoms with E-state index in [-0.39, 0.29) is 5.41 Å². The van der Waals surface area contributed by atoms with Gasteiger partial charge in [0.1, 0.15) is 0 Å². The summed E-state index contributed by atoms with van der Waals surface area (Å²) in [5.41, 5.74) is 17.5. The third kappa shape index (κ3) is 5.96. The first kappa shape index (κ1) is 34.8. The normalized spacial score (nSPS) is 12.7. The lowest BCUT2D eigenvalue weighted by molar-refractivity contribution is 0.661. The number of aromatic nitrogens is 2. The molecule has 10 aromatic rings. The summed E-state index contributed by atoms with van der Waals surface area (Å²) in [6.07, 6.45) is 0. The molecule has 0 saturated heterocycles. The van der Waals surface area contributed by atoms with Gasteiger partial charge in [0, 0.05) is 22.1 Å². The summed E-state index contributed by atoms with van der Waals surface area (Å²) < 4.78 is 0. The fraction of sp³-hybridized carbons (Fsp3) is 0.0526. The van der Waals surface area contributed by atoms with Crippen molar-refractivity contribution in [2.45, 2.75) is 19.3 Å². The van der Waals surface area contributed by atoms with Gasteiger partial charge in [0.2, 0.25) is 0 Å². The molecule has 9 aromatic carbocycles. The number of hydrogen-bond acceptors (Lipinski definition) is 2. The summed E-state index contributed by atoms with van der Waals surface area (Å²) in [5.74, 6) is 0.708. The lowest BCUT2D eigenvalue weighted by Gasteiger charge is -2.22. The molecule has 0 N–H and O–H groups in total. The summed E-state index contributed by atoms with van der Waals surface area (Å²) >= 11 is 0. The van der Waals surface area contributed by atoms with Crippen LogP contribution in [0.25, 0.3) is 100.0 Å². The van der Waals surface area contributed by atoms with E-state index in [9.17, 15) is 0 Å². The minimum absolute atomic E-state index is 0.0975. The molecule has 1 heterocycles. The topological polar surface area (TPSA) is 25.8 Å². The maximum Gasteiger partial charge on any atom is 0.161 e. The van der Waals surface area contributed by atoms with Gasteiger partial charge >= 0.3 is 0 Å². The average Bonchev–Trinajstić information content (AvgIpc) is 3.54. The molecule has 1 aromatic heterocycles. The highest BCUT2D eigenvalue weighted by Crippen LogP contribution is 2.52. The Balaban J connectivity index is 0.996. The quantitative estimate of drug-likeness (QED) is 0.169. The van der Waals surface area contributed by atoms with Gasteiger partial charge in [-0.15, -0.1) is 0 Å². The number of hydrogen-bond donors (Lipinski definition) is 0. The molecule has 278 valence electrons. The van der Waals surface area contributed by atoms with Gasteiger partial charge in [-0.05, 0) is 101 Å². The van der Waals surface area contributed by atoms with E-state index in [2.05, 4.69) is 214 Å². The summed E-state index contributed by atoms with van der Waals surface area (Å²) in [4.78, 5) is 10.5. The number of fused-ring (bicyclic) bond motifs is 6. The fourth-order valence-electron chi connectivity index (χ4n) is 9.24. The molecule has 0 fully saturated rings. The first-order chi connectivity index (χ1) is 29.0. The van der Waals surface area contributed by atoms with Gasteiger partial charge in [0.25, 0.3) is 0 Å². The third-order valence-electron chi connectivity index (χ3n) is 12.3. The summed E-state index contributed by atoms with van der Waals surface area (Å²) in [7, 11) is 0. The zero-order chi connectivity index (χ0) is 39.5. The fourth-order valence-corrected chi connectivity index (χ4v) is 9.24. The van der Waals surface area contributed by atoms with Crippen LogP contribution in [0.4, 0.5) is 0 Å². The second-order valence-electron chi connectivity index (χ2n) is 16.2. The molecule has 0 spiro atoms. The highest BCUT2D eigenvalue weighted by Gasteiger charge is 2.36. The van der Waals surface area contributed by atoms with E-state index in [0.717, 1.165) is 33.5 Å². The van der Waals surface area contributed by atoms with Gasteiger partial charge in [-0.2, -0.15) is 0 Å². The van der Waals surface area contributed by atoms with E-state index in [1.54, 1.807) is 0 Å². The lowest BCUT2D eigenvalue weighted by atomic mass is 9.81. The van der Waals surface area contributed by atoms with Crippen molar-refractivity contribution in [1.82, 2.24) is 9.97 Å². The van der Waals surface area contributed by atoms with E-state index in [1.165, 1.54) is 71.8 Å². The monoisotopic (exact) mass is 752 g/mol. The SMILES string of the molecule is CC1(C)c2cc(-c3cccc(-c4ccc(-c5nc(-c6ccccc6)cc(-c6ccc(-c7ccccc7)cc6)n5)c5ccccc45)c3)ccc2-c2c1ccc1ccccc21. The predicted molar refractivity (Wildman–Crippen MR) is 247 cm³/mol. The van der Waals surface area contributed by atoms with Crippen molar-refractivity contribution in [3.05, 3.63) is 217 Å². The molecule has 0 atom stereocenters. The molecule has 0 saturated carbocycles. The van der Waals surface area contributed by atoms with Crippen molar-refractivity contribution in [2.24, 2.45) is 0 Å². The molecule has 2 heteroatoms. The van der Waals surface area contributed by atoms with Crippen LogP contribution in [0.5, 0.6) is 0 Å². The van der Waals surface area contributed by atoms with Crippen molar-refractivity contribution in [1.29, 1.82) is 0 Å². The summed E-state index contributed by atoms with van der Waals surface area (Å²) in [6, 6.07) is 74.3. The van der Waals surface area contributed by atoms with E-state index < -0.39 is 0 Å². The van der Waals surface area contributed by atoms with Crippen LogP contribution in [0.2, 0.25) is 0 Å². The molecular weight excluding hydrogens is 713 g/mol. The van der Waals surface area contributed by atoms with Crippen molar-refractivity contribution in [3.63, 3.8) is 0 Å². The Morgan fingerprint density at radius 3 is 1.58 bits per heavy atom. The molecule has 2 nitrogen and oxygen atoms in total. The first-order valence-electron chi connectivity index (χ1n) is 20.4. The Hall–Kier alpha value is -7.42. The van der Waals surface area contributed by atoms with E-state index >= 15 is 0 Å². The van der Waals surface area contributed by atoms with Crippen molar-refractivity contribution in [3.8, 4) is 78.4 Å². The molecule has 11 rings (SSSR count). The number of nitrogens with zero attached hydrogens (tertiary/aromatic N) is 2. The van der Waals surface area contributed by atoms with Crippen LogP contribution in [0, 0.1) is 0 Å². The van der Waals surface area contributed by atoms with Gasteiger partial charge < -0.3 is 0 Å². The molecule has 0 radical (unpaired) electrons. The number of rotatable bonds is 6. The average molecular weight is 753 g/mol. The molecule has 59 heavy (non-hydrogen) atoms. The van der Waals surface area contributed by atoms with Gasteiger partial charge in [0.15, 0.2) is 5.82 Å². The van der Waals surface area contributed by atoms with Gasteiger partial charge in [0.05, 0.1) is 11.4 Å². The first-order valence-corrected chi connectivity index (χ1v) is 20.4. The van der Waals surface area contributed by atoms with E-state index in [0.29, 0.717) is 5.82 Å². The van der Waals surface area contributed by atoms with Gasteiger partial charge in [-0.1, -0.05) is 196 Å². The molecule has 1 aliphatic rings. The lowest BCUT2D eigenvalue weighted by Crippen LogP contribution is -2.15. The van der Waals surface area contributed by atoms with Crippen LogP contribution >= 0.6 is 0 Å². The van der Waals surface area contributed by atoms with E-state index in [1.807, 2.05) is 6.07 Å². The highest BCUT2D eigenvalue weighted by atomic mass is 14.9. The molecule has 0 amide bonds. The Morgan fingerprint density at radius 2 is 0.831 bits per heavy atom. The molecule has 0 aliphatic heterocycles.